The van der Waals surface area contributed by atoms with Gasteiger partial charge in [-0.15, -0.1) is 0 Å². The van der Waals surface area contributed by atoms with Gasteiger partial charge in [-0.05, 0) is 56.0 Å². The molecule has 3 rings (SSSR count). The van der Waals surface area contributed by atoms with Gasteiger partial charge in [0, 0.05) is 13.1 Å². The minimum Gasteiger partial charge on any atom is -0.355 e. The van der Waals surface area contributed by atoms with Crippen LogP contribution in [0.3, 0.4) is 0 Å². The lowest BCUT2D eigenvalue weighted by atomic mass is 10.1. The average Bonchev–Trinajstić information content (AvgIpc) is 2.92. The smallest absolute Gasteiger partial charge is 0.264 e. The molecular formula is C30H37N3O4S. The van der Waals surface area contributed by atoms with Crippen LogP contribution >= 0.6 is 0 Å². The van der Waals surface area contributed by atoms with Crippen LogP contribution in [0.4, 0.5) is 5.69 Å². The number of rotatable bonds is 12. The fourth-order valence-electron chi connectivity index (χ4n) is 4.40. The quantitative estimate of drug-likeness (QED) is 0.364. The number of amides is 2. The van der Waals surface area contributed by atoms with Gasteiger partial charge < -0.3 is 10.2 Å². The predicted molar refractivity (Wildman–Crippen MR) is 151 cm³/mol. The van der Waals surface area contributed by atoms with Gasteiger partial charge in [-0.3, -0.25) is 13.9 Å². The van der Waals surface area contributed by atoms with Crippen molar-refractivity contribution in [2.24, 2.45) is 0 Å². The molecule has 0 aliphatic carbocycles. The number of carbonyl (C=O) groups excluding carboxylic acids is 2. The molecule has 38 heavy (non-hydrogen) atoms. The van der Waals surface area contributed by atoms with Crippen molar-refractivity contribution in [2.75, 3.05) is 17.4 Å². The Morgan fingerprint density at radius 2 is 1.50 bits per heavy atom. The van der Waals surface area contributed by atoms with E-state index in [-0.39, 0.29) is 17.3 Å². The van der Waals surface area contributed by atoms with Gasteiger partial charge in [0.1, 0.15) is 12.6 Å². The van der Waals surface area contributed by atoms with Crippen molar-refractivity contribution in [1.82, 2.24) is 10.2 Å². The first-order valence-corrected chi connectivity index (χ1v) is 14.4. The van der Waals surface area contributed by atoms with Crippen molar-refractivity contribution < 1.29 is 18.0 Å². The van der Waals surface area contributed by atoms with E-state index >= 15 is 0 Å². The third-order valence-electron chi connectivity index (χ3n) is 6.46. The van der Waals surface area contributed by atoms with Crippen LogP contribution in [0.25, 0.3) is 0 Å². The molecule has 1 atom stereocenters. The predicted octanol–water partition coefficient (Wildman–Crippen LogP) is 4.70. The summed E-state index contributed by atoms with van der Waals surface area (Å²) < 4.78 is 29.1. The van der Waals surface area contributed by atoms with Crippen molar-refractivity contribution in [2.45, 2.75) is 58.0 Å². The zero-order chi connectivity index (χ0) is 27.7. The van der Waals surface area contributed by atoms with Gasteiger partial charge in [0.15, 0.2) is 0 Å². The van der Waals surface area contributed by atoms with Crippen LogP contribution in [0.5, 0.6) is 0 Å². The van der Waals surface area contributed by atoms with Gasteiger partial charge in [0.2, 0.25) is 11.8 Å². The van der Waals surface area contributed by atoms with Crippen LogP contribution in [-0.2, 0) is 32.6 Å². The molecule has 0 aromatic heterocycles. The Morgan fingerprint density at radius 3 is 2.11 bits per heavy atom. The Labute approximate surface area is 226 Å². The van der Waals surface area contributed by atoms with Crippen LogP contribution < -0.4 is 9.62 Å². The maximum absolute atomic E-state index is 14.0. The number of hydrogen-bond donors (Lipinski definition) is 1. The number of benzene rings is 3. The highest BCUT2D eigenvalue weighted by Gasteiger charge is 2.34. The molecular weight excluding hydrogens is 498 g/mol. The zero-order valence-corrected chi connectivity index (χ0v) is 23.4. The average molecular weight is 536 g/mol. The SMILES string of the molecule is CCNC(=O)[C@H](CC)N(Cc1ccccc1)C(=O)CN(c1ccccc1CC)S(=O)(=O)c1ccc(C)cc1. The first-order chi connectivity index (χ1) is 18.2. The molecule has 0 spiro atoms. The minimum absolute atomic E-state index is 0.104. The molecule has 0 bridgehead atoms. The molecule has 0 radical (unpaired) electrons. The monoisotopic (exact) mass is 535 g/mol. The molecule has 0 aliphatic heterocycles. The Morgan fingerprint density at radius 1 is 0.868 bits per heavy atom. The second kappa shape index (κ2) is 13.2. The summed E-state index contributed by atoms with van der Waals surface area (Å²) in [5.41, 5.74) is 3.05. The van der Waals surface area contributed by atoms with Gasteiger partial charge in [-0.25, -0.2) is 8.42 Å². The Kier molecular flexibility index (Phi) is 10.1. The lowest BCUT2D eigenvalue weighted by Gasteiger charge is -2.33. The van der Waals surface area contributed by atoms with Gasteiger partial charge in [-0.2, -0.15) is 0 Å². The van der Waals surface area contributed by atoms with E-state index in [0.29, 0.717) is 25.1 Å². The number of aryl methyl sites for hydroxylation is 2. The van der Waals surface area contributed by atoms with E-state index in [2.05, 4.69) is 5.32 Å². The number of sulfonamides is 1. The topological polar surface area (TPSA) is 86.8 Å². The minimum atomic E-state index is -4.08. The molecule has 3 aromatic carbocycles. The standard InChI is InChI=1S/C30H37N3O4S/c1-5-25-15-11-12-16-28(25)33(38(36,37)26-19-17-23(4)18-20-26)22-29(34)32(21-24-13-9-8-10-14-24)27(6-2)30(35)31-7-3/h8-20,27H,5-7,21-22H2,1-4H3,(H,31,35)/t27-/m0/s1. The summed E-state index contributed by atoms with van der Waals surface area (Å²) in [5, 5.41) is 2.82. The number of nitrogens with one attached hydrogen (secondary N) is 1. The van der Waals surface area contributed by atoms with Crippen LogP contribution in [-0.4, -0.2) is 44.3 Å². The summed E-state index contributed by atoms with van der Waals surface area (Å²) in [6, 6.07) is 22.5. The van der Waals surface area contributed by atoms with Crippen molar-refractivity contribution in [3.05, 3.63) is 95.6 Å². The third kappa shape index (κ3) is 6.81. The van der Waals surface area contributed by atoms with Crippen LogP contribution in [0.15, 0.2) is 83.8 Å². The Balaban J connectivity index is 2.09. The third-order valence-corrected chi connectivity index (χ3v) is 8.24. The van der Waals surface area contributed by atoms with Crippen LogP contribution in [0, 0.1) is 6.92 Å². The first kappa shape index (κ1) is 28.9. The number of hydrogen-bond acceptors (Lipinski definition) is 4. The number of para-hydroxylation sites is 1. The molecule has 0 heterocycles. The van der Waals surface area contributed by atoms with Crippen molar-refractivity contribution in [1.29, 1.82) is 0 Å². The van der Waals surface area contributed by atoms with E-state index in [1.54, 1.807) is 36.4 Å². The van der Waals surface area contributed by atoms with E-state index in [9.17, 15) is 18.0 Å². The summed E-state index contributed by atoms with van der Waals surface area (Å²) in [5.74, 6) is -0.713. The molecule has 2 amide bonds. The second-order valence-corrected chi connectivity index (χ2v) is 11.0. The van der Waals surface area contributed by atoms with E-state index in [0.717, 1.165) is 16.7 Å². The molecule has 0 aliphatic rings. The molecule has 7 nitrogen and oxygen atoms in total. The lowest BCUT2D eigenvalue weighted by molar-refractivity contribution is -0.140. The molecule has 3 aromatic rings. The molecule has 0 unspecified atom stereocenters. The summed E-state index contributed by atoms with van der Waals surface area (Å²) in [6.45, 7) is 7.68. The highest BCUT2D eigenvalue weighted by atomic mass is 32.2. The second-order valence-electron chi connectivity index (χ2n) is 9.13. The number of carbonyl (C=O) groups is 2. The van der Waals surface area contributed by atoms with Crippen molar-refractivity contribution in [3.8, 4) is 0 Å². The Bertz CT molecular complexity index is 1330. The first-order valence-electron chi connectivity index (χ1n) is 13.0. The van der Waals surface area contributed by atoms with Gasteiger partial charge in [-0.1, -0.05) is 80.1 Å². The lowest BCUT2D eigenvalue weighted by Crippen LogP contribution is -2.52. The normalized spacial score (nSPS) is 12.0. The molecule has 1 N–H and O–H groups in total. The van der Waals surface area contributed by atoms with Crippen molar-refractivity contribution in [3.63, 3.8) is 0 Å². The number of anilines is 1. The van der Waals surface area contributed by atoms with E-state index in [4.69, 9.17) is 0 Å². The molecule has 0 fully saturated rings. The molecule has 202 valence electrons. The maximum atomic E-state index is 14.0. The Hall–Kier alpha value is -3.65. The summed E-state index contributed by atoms with van der Waals surface area (Å²) in [4.78, 5) is 28.6. The highest BCUT2D eigenvalue weighted by molar-refractivity contribution is 7.92. The van der Waals surface area contributed by atoms with Crippen LogP contribution in [0.1, 0.15) is 43.9 Å². The fourth-order valence-corrected chi connectivity index (χ4v) is 5.85. The largest absolute Gasteiger partial charge is 0.355 e. The molecule has 0 saturated heterocycles. The highest BCUT2D eigenvalue weighted by Crippen LogP contribution is 2.28. The van der Waals surface area contributed by atoms with Gasteiger partial charge in [0.25, 0.3) is 10.0 Å². The van der Waals surface area contributed by atoms with Gasteiger partial charge in [0.05, 0.1) is 10.6 Å². The fraction of sp³-hybridized carbons (Fsp3) is 0.333. The van der Waals surface area contributed by atoms with Crippen molar-refractivity contribution >= 4 is 27.5 Å². The zero-order valence-electron chi connectivity index (χ0n) is 22.6. The maximum Gasteiger partial charge on any atom is 0.264 e. The summed E-state index contributed by atoms with van der Waals surface area (Å²) >= 11 is 0. The summed E-state index contributed by atoms with van der Waals surface area (Å²) in [6.07, 6.45) is 0.981. The van der Waals surface area contributed by atoms with E-state index in [1.165, 1.54) is 9.21 Å². The summed E-state index contributed by atoms with van der Waals surface area (Å²) in [7, 11) is -4.08. The van der Waals surface area contributed by atoms with Gasteiger partial charge >= 0.3 is 0 Å². The van der Waals surface area contributed by atoms with Crippen LogP contribution in [0.2, 0.25) is 0 Å². The number of nitrogens with zero attached hydrogens (tertiary/aromatic N) is 2. The number of likely N-dealkylation sites (N-methyl/N-ethyl adjacent to an activating group) is 1. The molecule has 0 saturated carbocycles. The van der Waals surface area contributed by atoms with E-state index in [1.807, 2.05) is 70.2 Å². The van der Waals surface area contributed by atoms with E-state index < -0.39 is 28.5 Å². The molecule has 8 heteroatoms.